The van der Waals surface area contributed by atoms with Crippen LogP contribution in [0.1, 0.15) is 39.0 Å². The quantitative estimate of drug-likeness (QED) is 0.277. The van der Waals surface area contributed by atoms with E-state index in [1.165, 1.54) is 12.8 Å². The highest BCUT2D eigenvalue weighted by Crippen LogP contribution is 2.48. The summed E-state index contributed by atoms with van der Waals surface area (Å²) in [7, 11) is 3.57. The van der Waals surface area contributed by atoms with Crippen LogP contribution in [0.15, 0.2) is 4.99 Å². The van der Waals surface area contributed by atoms with Crippen LogP contribution in [0, 0.1) is 11.3 Å². The van der Waals surface area contributed by atoms with Crippen LogP contribution >= 0.6 is 24.0 Å². The fourth-order valence-corrected chi connectivity index (χ4v) is 3.23. The minimum Gasteiger partial charge on any atom is -0.466 e. The fraction of sp³-hybridized carbons (Fsp3) is 0.882. The molecule has 0 unspecified atom stereocenters. The van der Waals surface area contributed by atoms with Crippen molar-refractivity contribution in [1.29, 1.82) is 0 Å². The number of nitrogens with one attached hydrogen (secondary N) is 1. The number of carbonyl (C=O) groups is 1. The number of nitrogens with zero attached hydrogens (tertiary/aromatic N) is 2. The number of rotatable bonds is 7. The van der Waals surface area contributed by atoms with Crippen molar-refractivity contribution in [2.24, 2.45) is 16.3 Å². The van der Waals surface area contributed by atoms with Crippen molar-refractivity contribution < 1.29 is 14.3 Å². The van der Waals surface area contributed by atoms with Gasteiger partial charge in [-0.1, -0.05) is 0 Å². The van der Waals surface area contributed by atoms with E-state index in [4.69, 9.17) is 9.47 Å². The van der Waals surface area contributed by atoms with Crippen molar-refractivity contribution in [2.45, 2.75) is 39.0 Å². The zero-order chi connectivity index (χ0) is 16.7. The molecule has 0 aromatic rings. The second-order valence-electron chi connectivity index (χ2n) is 6.68. The summed E-state index contributed by atoms with van der Waals surface area (Å²) in [4.78, 5) is 18.6. The Morgan fingerprint density at radius 1 is 1.42 bits per heavy atom. The van der Waals surface area contributed by atoms with Gasteiger partial charge in [0, 0.05) is 40.4 Å². The van der Waals surface area contributed by atoms with E-state index in [9.17, 15) is 4.79 Å². The van der Waals surface area contributed by atoms with Gasteiger partial charge in [0.25, 0.3) is 0 Å². The number of methoxy groups -OCH3 is 1. The highest BCUT2D eigenvalue weighted by atomic mass is 127. The lowest BCUT2D eigenvalue weighted by atomic mass is 9.98. The molecule has 6 nitrogen and oxygen atoms in total. The van der Waals surface area contributed by atoms with Gasteiger partial charge < -0.3 is 19.7 Å². The van der Waals surface area contributed by atoms with E-state index < -0.39 is 0 Å². The van der Waals surface area contributed by atoms with Crippen molar-refractivity contribution >= 4 is 35.9 Å². The average molecular weight is 453 g/mol. The molecular weight excluding hydrogens is 421 g/mol. The lowest BCUT2D eigenvalue weighted by Gasteiger charge is -2.34. The molecule has 0 bridgehead atoms. The van der Waals surface area contributed by atoms with Gasteiger partial charge in [-0.25, -0.2) is 0 Å². The van der Waals surface area contributed by atoms with Crippen LogP contribution < -0.4 is 5.32 Å². The van der Waals surface area contributed by atoms with Gasteiger partial charge in [-0.15, -0.1) is 24.0 Å². The molecule has 7 heteroatoms. The van der Waals surface area contributed by atoms with Crippen LogP contribution in [0.3, 0.4) is 0 Å². The molecule has 2 rings (SSSR count). The molecule has 1 aliphatic heterocycles. The lowest BCUT2D eigenvalue weighted by molar-refractivity contribution is -0.149. The number of halogens is 1. The summed E-state index contributed by atoms with van der Waals surface area (Å²) in [6.45, 7) is 5.70. The van der Waals surface area contributed by atoms with Crippen LogP contribution in [-0.2, 0) is 14.3 Å². The molecule has 1 N–H and O–H groups in total. The number of piperidine rings is 1. The summed E-state index contributed by atoms with van der Waals surface area (Å²) in [6, 6.07) is 0. The van der Waals surface area contributed by atoms with E-state index in [2.05, 4.69) is 15.2 Å². The van der Waals surface area contributed by atoms with Gasteiger partial charge in [-0.05, 0) is 44.4 Å². The monoisotopic (exact) mass is 453 g/mol. The predicted octanol–water partition coefficient (Wildman–Crippen LogP) is 2.27. The van der Waals surface area contributed by atoms with Crippen LogP contribution in [0.5, 0.6) is 0 Å². The minimum atomic E-state index is -0.0774. The first-order valence-corrected chi connectivity index (χ1v) is 8.75. The minimum absolute atomic E-state index is 0. The van der Waals surface area contributed by atoms with E-state index in [0.717, 1.165) is 44.9 Å². The molecule has 1 atom stereocenters. The Morgan fingerprint density at radius 2 is 2.17 bits per heavy atom. The molecule has 2 aliphatic rings. The first-order valence-electron chi connectivity index (χ1n) is 8.75. The second kappa shape index (κ2) is 10.4. The highest BCUT2D eigenvalue weighted by Gasteiger charge is 2.42. The standard InChI is InChI=1S/C17H31N3O3.HI/c1-4-23-15(21)14-6-5-10-20(12-14)16(18-2)19-13-17(7-8-17)9-11-22-3;/h14H,4-13H2,1-3H3,(H,18,19);1H/t14-;/m0./s1. The number of aliphatic imine (C=N–C) groups is 1. The van der Waals surface area contributed by atoms with Crippen molar-refractivity contribution in [3.8, 4) is 0 Å². The Morgan fingerprint density at radius 3 is 2.75 bits per heavy atom. The first-order chi connectivity index (χ1) is 11.1. The smallest absolute Gasteiger partial charge is 0.310 e. The zero-order valence-electron chi connectivity index (χ0n) is 15.2. The normalized spacial score (nSPS) is 22.5. The van der Waals surface area contributed by atoms with Crippen molar-refractivity contribution in [3.05, 3.63) is 0 Å². The maximum atomic E-state index is 12.0. The fourth-order valence-electron chi connectivity index (χ4n) is 3.23. The van der Waals surface area contributed by atoms with Crippen LogP contribution in [0.25, 0.3) is 0 Å². The van der Waals surface area contributed by atoms with Gasteiger partial charge in [0.1, 0.15) is 0 Å². The number of hydrogen-bond donors (Lipinski definition) is 1. The molecule has 1 aliphatic carbocycles. The Labute approximate surface area is 162 Å². The molecule has 0 amide bonds. The molecule has 0 radical (unpaired) electrons. The lowest BCUT2D eigenvalue weighted by Crippen LogP contribution is -2.49. The number of esters is 1. The largest absolute Gasteiger partial charge is 0.466 e. The molecule has 1 heterocycles. The summed E-state index contributed by atoms with van der Waals surface area (Å²) < 4.78 is 10.4. The summed E-state index contributed by atoms with van der Waals surface area (Å²) in [6.07, 6.45) is 5.51. The first kappa shape index (κ1) is 21.5. The third kappa shape index (κ3) is 6.06. The van der Waals surface area contributed by atoms with Crippen molar-refractivity contribution in [3.63, 3.8) is 0 Å². The van der Waals surface area contributed by atoms with Crippen LogP contribution in [0.2, 0.25) is 0 Å². The number of likely N-dealkylation sites (tertiary alicyclic amines) is 1. The maximum Gasteiger partial charge on any atom is 0.310 e. The van der Waals surface area contributed by atoms with Gasteiger partial charge in [-0.2, -0.15) is 0 Å². The average Bonchev–Trinajstić information content (AvgIpc) is 3.34. The SMILES string of the molecule is CCOC(=O)[C@H]1CCCN(C(=NC)NCC2(CCOC)CC2)C1.I. The molecule has 1 saturated carbocycles. The third-order valence-corrected chi connectivity index (χ3v) is 4.97. The van der Waals surface area contributed by atoms with Gasteiger partial charge in [-0.3, -0.25) is 9.79 Å². The number of guanidine groups is 1. The molecule has 1 saturated heterocycles. The number of hydrogen-bond acceptors (Lipinski definition) is 4. The molecule has 0 aromatic carbocycles. The van der Waals surface area contributed by atoms with Crippen LogP contribution in [-0.4, -0.2) is 63.8 Å². The Kier molecular flexibility index (Phi) is 9.33. The summed E-state index contributed by atoms with van der Waals surface area (Å²) in [5.41, 5.74) is 0.377. The highest BCUT2D eigenvalue weighted by molar-refractivity contribution is 14.0. The molecule has 140 valence electrons. The van der Waals surface area contributed by atoms with E-state index in [0.29, 0.717) is 18.6 Å². The van der Waals surface area contributed by atoms with Gasteiger partial charge >= 0.3 is 5.97 Å². The maximum absolute atomic E-state index is 12.0. The Balaban J connectivity index is 0.00000288. The zero-order valence-corrected chi connectivity index (χ0v) is 17.5. The Hall–Kier alpha value is -0.570. The number of ether oxygens (including phenoxy) is 2. The molecular formula is C17H32IN3O3. The molecule has 2 fully saturated rings. The van der Waals surface area contributed by atoms with Crippen molar-refractivity contribution in [1.82, 2.24) is 10.2 Å². The van der Waals surface area contributed by atoms with Gasteiger partial charge in [0.2, 0.25) is 0 Å². The second-order valence-corrected chi connectivity index (χ2v) is 6.68. The van der Waals surface area contributed by atoms with E-state index in [1.807, 2.05) is 14.0 Å². The van der Waals surface area contributed by atoms with E-state index in [1.54, 1.807) is 7.11 Å². The van der Waals surface area contributed by atoms with Crippen LogP contribution in [0.4, 0.5) is 0 Å². The molecule has 24 heavy (non-hydrogen) atoms. The molecule has 0 spiro atoms. The van der Waals surface area contributed by atoms with E-state index in [-0.39, 0.29) is 35.9 Å². The Bertz CT molecular complexity index is 427. The summed E-state index contributed by atoms with van der Waals surface area (Å²) >= 11 is 0. The van der Waals surface area contributed by atoms with Crippen molar-refractivity contribution in [2.75, 3.05) is 47.0 Å². The topological polar surface area (TPSA) is 63.2 Å². The summed E-state index contributed by atoms with van der Waals surface area (Å²) in [5.74, 6) is 0.791. The molecule has 0 aromatic heterocycles. The van der Waals surface area contributed by atoms with Gasteiger partial charge in [0.15, 0.2) is 5.96 Å². The third-order valence-electron chi connectivity index (χ3n) is 4.97. The predicted molar refractivity (Wildman–Crippen MR) is 106 cm³/mol. The number of carbonyl (C=O) groups excluding carboxylic acids is 1. The van der Waals surface area contributed by atoms with Gasteiger partial charge in [0.05, 0.1) is 12.5 Å². The van der Waals surface area contributed by atoms with E-state index >= 15 is 0 Å². The summed E-state index contributed by atoms with van der Waals surface area (Å²) in [5, 5.41) is 3.51.